The fraction of sp³-hybridized carbons (Fsp3) is 0.154. The van der Waals surface area contributed by atoms with Gasteiger partial charge in [-0.3, -0.25) is 0 Å². The Kier molecular flexibility index (Phi) is 3.87. The second-order valence-electron chi connectivity index (χ2n) is 3.65. The molecule has 0 spiro atoms. The number of rotatable bonds is 3. The van der Waals surface area contributed by atoms with E-state index in [1.54, 1.807) is 12.3 Å². The number of nitrogens with zero attached hydrogens (tertiary/aromatic N) is 1. The van der Waals surface area contributed by atoms with Crippen LogP contribution >= 0.6 is 23.2 Å². The van der Waals surface area contributed by atoms with Gasteiger partial charge in [0, 0.05) is 23.2 Å². The van der Waals surface area contributed by atoms with Crippen LogP contribution in [0, 0.1) is 6.92 Å². The first-order valence-corrected chi connectivity index (χ1v) is 6.05. The van der Waals surface area contributed by atoms with Crippen LogP contribution in [0.2, 0.25) is 5.02 Å². The van der Waals surface area contributed by atoms with Crippen LogP contribution in [0.4, 0.5) is 0 Å². The van der Waals surface area contributed by atoms with E-state index in [2.05, 4.69) is 4.98 Å². The molecule has 2 aromatic rings. The highest BCUT2D eigenvalue weighted by molar-refractivity contribution is 6.31. The number of aromatic nitrogens is 1. The van der Waals surface area contributed by atoms with Crippen molar-refractivity contribution in [1.82, 2.24) is 4.98 Å². The van der Waals surface area contributed by atoms with Crippen LogP contribution < -0.4 is 4.74 Å². The highest BCUT2D eigenvalue weighted by atomic mass is 35.5. The van der Waals surface area contributed by atoms with Crippen molar-refractivity contribution < 1.29 is 4.74 Å². The average molecular weight is 268 g/mol. The molecule has 0 aliphatic heterocycles. The van der Waals surface area contributed by atoms with Gasteiger partial charge in [0.05, 0.1) is 0 Å². The molecule has 0 unspecified atom stereocenters. The largest absolute Gasteiger partial charge is 0.439 e. The molecule has 0 aliphatic carbocycles. The molecule has 0 aliphatic rings. The Morgan fingerprint density at radius 2 is 2.06 bits per heavy atom. The zero-order valence-corrected chi connectivity index (χ0v) is 10.8. The SMILES string of the molecule is Cc1cc(Oc2cc(CCl)ccn2)ccc1Cl. The molecule has 0 fully saturated rings. The fourth-order valence-electron chi connectivity index (χ4n) is 1.39. The molecule has 2 rings (SSSR count). The summed E-state index contributed by atoms with van der Waals surface area (Å²) in [5.74, 6) is 1.69. The first-order valence-electron chi connectivity index (χ1n) is 5.14. The second kappa shape index (κ2) is 5.39. The van der Waals surface area contributed by atoms with Crippen molar-refractivity contribution in [2.45, 2.75) is 12.8 Å². The summed E-state index contributed by atoms with van der Waals surface area (Å²) in [4.78, 5) is 4.12. The molecule has 88 valence electrons. The van der Waals surface area contributed by atoms with Crippen molar-refractivity contribution in [2.75, 3.05) is 0 Å². The number of hydrogen-bond acceptors (Lipinski definition) is 2. The smallest absolute Gasteiger partial charge is 0.219 e. The fourth-order valence-corrected chi connectivity index (χ4v) is 1.67. The molecule has 1 aromatic carbocycles. The van der Waals surface area contributed by atoms with E-state index in [4.69, 9.17) is 27.9 Å². The molecule has 1 heterocycles. The van der Waals surface area contributed by atoms with Crippen molar-refractivity contribution in [3.63, 3.8) is 0 Å². The molecule has 0 bridgehead atoms. The highest BCUT2D eigenvalue weighted by Gasteiger charge is 2.02. The minimum absolute atomic E-state index is 0.443. The maximum Gasteiger partial charge on any atom is 0.219 e. The van der Waals surface area contributed by atoms with E-state index in [9.17, 15) is 0 Å². The molecule has 17 heavy (non-hydrogen) atoms. The van der Waals surface area contributed by atoms with Gasteiger partial charge in [-0.25, -0.2) is 4.98 Å². The van der Waals surface area contributed by atoms with Gasteiger partial charge >= 0.3 is 0 Å². The standard InChI is InChI=1S/C13H11Cl2NO/c1-9-6-11(2-3-12(9)15)17-13-7-10(8-14)4-5-16-13/h2-7H,8H2,1H3. The molecule has 0 saturated heterocycles. The first-order chi connectivity index (χ1) is 8.19. The molecule has 0 amide bonds. The lowest BCUT2D eigenvalue weighted by Crippen LogP contribution is -1.89. The maximum absolute atomic E-state index is 5.94. The zero-order chi connectivity index (χ0) is 12.3. The molecule has 0 atom stereocenters. The first kappa shape index (κ1) is 12.2. The monoisotopic (exact) mass is 267 g/mol. The number of aryl methyl sites for hydroxylation is 1. The Hall–Kier alpha value is -1.25. The van der Waals surface area contributed by atoms with E-state index in [-0.39, 0.29) is 0 Å². The minimum atomic E-state index is 0.443. The molecule has 0 radical (unpaired) electrons. The molecule has 0 N–H and O–H groups in total. The Bertz CT molecular complexity index is 529. The normalized spacial score (nSPS) is 10.3. The number of ether oxygens (including phenoxy) is 1. The predicted molar refractivity (Wildman–Crippen MR) is 70.1 cm³/mol. The molecule has 2 nitrogen and oxygen atoms in total. The van der Waals surface area contributed by atoms with Crippen LogP contribution in [-0.4, -0.2) is 4.98 Å². The Morgan fingerprint density at radius 1 is 1.24 bits per heavy atom. The van der Waals surface area contributed by atoms with Crippen molar-refractivity contribution >= 4 is 23.2 Å². The topological polar surface area (TPSA) is 22.1 Å². The van der Waals surface area contributed by atoms with Gasteiger partial charge in [-0.1, -0.05) is 11.6 Å². The zero-order valence-electron chi connectivity index (χ0n) is 9.28. The van der Waals surface area contributed by atoms with E-state index in [0.717, 1.165) is 16.1 Å². The van der Waals surface area contributed by atoms with Crippen molar-refractivity contribution in [3.05, 3.63) is 52.7 Å². The molecule has 4 heteroatoms. The van der Waals surface area contributed by atoms with Gasteiger partial charge in [-0.05, 0) is 42.3 Å². The Morgan fingerprint density at radius 3 is 2.76 bits per heavy atom. The highest BCUT2D eigenvalue weighted by Crippen LogP contribution is 2.25. The van der Waals surface area contributed by atoms with Gasteiger partial charge in [0.15, 0.2) is 0 Å². The summed E-state index contributed by atoms with van der Waals surface area (Å²) in [5.41, 5.74) is 1.94. The number of halogens is 2. The number of hydrogen-bond donors (Lipinski definition) is 0. The molecular formula is C13H11Cl2NO. The summed E-state index contributed by atoms with van der Waals surface area (Å²) in [6.45, 7) is 1.93. The number of benzene rings is 1. The van der Waals surface area contributed by atoms with Gasteiger partial charge in [0.1, 0.15) is 5.75 Å². The van der Waals surface area contributed by atoms with Crippen LogP contribution in [0.1, 0.15) is 11.1 Å². The predicted octanol–water partition coefficient (Wildman–Crippen LogP) is 4.57. The third-order valence-electron chi connectivity index (χ3n) is 2.31. The lowest BCUT2D eigenvalue weighted by atomic mass is 10.2. The lowest BCUT2D eigenvalue weighted by Gasteiger charge is -2.07. The second-order valence-corrected chi connectivity index (χ2v) is 4.32. The van der Waals surface area contributed by atoms with E-state index >= 15 is 0 Å². The average Bonchev–Trinajstić information content (AvgIpc) is 2.34. The summed E-state index contributed by atoms with van der Waals surface area (Å²) in [5, 5.41) is 0.722. The minimum Gasteiger partial charge on any atom is -0.439 e. The number of alkyl halides is 1. The summed E-state index contributed by atoms with van der Waals surface area (Å²) in [6.07, 6.45) is 1.68. The quantitative estimate of drug-likeness (QED) is 0.760. The summed E-state index contributed by atoms with van der Waals surface area (Å²) in [6, 6.07) is 9.16. The van der Waals surface area contributed by atoms with Crippen LogP contribution in [0.25, 0.3) is 0 Å². The van der Waals surface area contributed by atoms with Crippen molar-refractivity contribution in [1.29, 1.82) is 0 Å². The van der Waals surface area contributed by atoms with Crippen molar-refractivity contribution in [2.24, 2.45) is 0 Å². The van der Waals surface area contributed by atoms with Gasteiger partial charge < -0.3 is 4.74 Å². The summed E-state index contributed by atoms with van der Waals surface area (Å²) < 4.78 is 5.63. The molecule has 1 aromatic heterocycles. The summed E-state index contributed by atoms with van der Waals surface area (Å²) in [7, 11) is 0. The molecule has 0 saturated carbocycles. The van der Waals surface area contributed by atoms with Gasteiger partial charge in [-0.15, -0.1) is 11.6 Å². The third-order valence-corrected chi connectivity index (χ3v) is 3.04. The molecular weight excluding hydrogens is 257 g/mol. The Balaban J connectivity index is 2.22. The summed E-state index contributed by atoms with van der Waals surface area (Å²) >= 11 is 11.7. The van der Waals surface area contributed by atoms with Gasteiger partial charge in [-0.2, -0.15) is 0 Å². The number of pyridine rings is 1. The van der Waals surface area contributed by atoms with Gasteiger partial charge in [0.25, 0.3) is 0 Å². The van der Waals surface area contributed by atoms with Gasteiger partial charge in [0.2, 0.25) is 5.88 Å². The lowest BCUT2D eigenvalue weighted by molar-refractivity contribution is 0.462. The van der Waals surface area contributed by atoms with Crippen LogP contribution in [0.5, 0.6) is 11.6 Å². The third kappa shape index (κ3) is 3.11. The van der Waals surface area contributed by atoms with E-state index in [0.29, 0.717) is 17.5 Å². The van der Waals surface area contributed by atoms with E-state index in [1.165, 1.54) is 0 Å². The maximum atomic E-state index is 5.94. The Labute approximate surface area is 110 Å². The van der Waals surface area contributed by atoms with Crippen molar-refractivity contribution in [3.8, 4) is 11.6 Å². The van der Waals surface area contributed by atoms with E-state index in [1.807, 2.05) is 31.2 Å². The van der Waals surface area contributed by atoms with Crippen LogP contribution in [-0.2, 0) is 5.88 Å². The van der Waals surface area contributed by atoms with Crippen LogP contribution in [0.3, 0.4) is 0 Å². The van der Waals surface area contributed by atoms with Crippen LogP contribution in [0.15, 0.2) is 36.5 Å². The van der Waals surface area contributed by atoms with E-state index < -0.39 is 0 Å².